The third-order valence-electron chi connectivity index (χ3n) is 4.50. The van der Waals surface area contributed by atoms with E-state index in [2.05, 4.69) is 0 Å². The van der Waals surface area contributed by atoms with Crippen molar-refractivity contribution < 1.29 is 18.8 Å². The Morgan fingerprint density at radius 2 is 1.70 bits per heavy atom. The molecule has 0 aliphatic carbocycles. The second-order valence-corrected chi connectivity index (χ2v) is 6.38. The van der Waals surface area contributed by atoms with Crippen molar-refractivity contribution in [2.75, 3.05) is 6.61 Å². The highest BCUT2D eigenvalue weighted by Crippen LogP contribution is 2.37. The topological polar surface area (TPSA) is 44.8 Å². The van der Waals surface area contributed by atoms with Crippen LogP contribution in [0.2, 0.25) is 0 Å². The van der Waals surface area contributed by atoms with Crippen LogP contribution in [0.4, 0.5) is 0 Å². The van der Waals surface area contributed by atoms with Crippen LogP contribution in [0.1, 0.15) is 43.6 Å². The molecule has 0 spiro atoms. The maximum atomic E-state index is 11.9. The molecule has 0 bridgehead atoms. The zero-order valence-corrected chi connectivity index (χ0v) is 12.4. The molecule has 5 heteroatoms. The first-order chi connectivity index (χ1) is 9.32. The van der Waals surface area contributed by atoms with Crippen molar-refractivity contribution in [1.29, 1.82) is 0 Å². The Bertz CT molecular complexity index is 549. The second kappa shape index (κ2) is 4.42. The molecule has 0 aromatic heterocycles. The van der Waals surface area contributed by atoms with Crippen LogP contribution in [0, 0.1) is 0 Å². The van der Waals surface area contributed by atoms with Crippen molar-refractivity contribution in [2.24, 2.45) is 0 Å². The zero-order valence-electron chi connectivity index (χ0n) is 12.4. The number of Topliss-reactive ketones (excluding diaryl/α,β-unsaturated/α-hetero) is 1. The maximum absolute atomic E-state index is 11.9. The first-order valence-electron chi connectivity index (χ1n) is 6.90. The third kappa shape index (κ3) is 2.01. The van der Waals surface area contributed by atoms with Gasteiger partial charge in [0.25, 0.3) is 0 Å². The highest BCUT2D eigenvalue weighted by atomic mass is 16.7. The molecule has 0 unspecified atom stereocenters. The molecule has 0 amide bonds. The van der Waals surface area contributed by atoms with Crippen molar-refractivity contribution in [3.8, 4) is 0 Å². The zero-order chi connectivity index (χ0) is 14.5. The number of ketones is 1. The van der Waals surface area contributed by atoms with E-state index in [-0.39, 0.29) is 23.6 Å². The minimum atomic E-state index is -0.454. The molecule has 0 N–H and O–H groups in total. The van der Waals surface area contributed by atoms with Gasteiger partial charge in [-0.15, -0.1) is 0 Å². The molecule has 0 saturated carbocycles. The number of benzene rings is 1. The lowest BCUT2D eigenvalue weighted by Gasteiger charge is -2.32. The predicted octanol–water partition coefficient (Wildman–Crippen LogP) is 1.70. The second-order valence-electron chi connectivity index (χ2n) is 6.38. The molecule has 0 radical (unpaired) electrons. The molecule has 1 aromatic carbocycles. The molecule has 4 nitrogen and oxygen atoms in total. The molecule has 0 atom stereocenters. The largest absolute Gasteiger partial charge is 0.495 e. The Hall–Kier alpha value is -1.17. The Kier molecular flexibility index (Phi) is 3.05. The van der Waals surface area contributed by atoms with Gasteiger partial charge >= 0.3 is 7.12 Å². The number of carbonyl (C=O) groups is 1. The predicted molar refractivity (Wildman–Crippen MR) is 76.1 cm³/mol. The number of carbonyl (C=O) groups excluding carboxylic acids is 1. The first kappa shape index (κ1) is 13.8. The van der Waals surface area contributed by atoms with Gasteiger partial charge in [-0.3, -0.25) is 4.79 Å². The van der Waals surface area contributed by atoms with E-state index in [4.69, 9.17) is 14.0 Å². The summed E-state index contributed by atoms with van der Waals surface area (Å²) in [5, 5.41) is 0. The Morgan fingerprint density at radius 1 is 1.05 bits per heavy atom. The van der Waals surface area contributed by atoms with Crippen LogP contribution < -0.4 is 5.46 Å². The number of fused-ring (bicyclic) bond motifs is 1. The molecule has 106 valence electrons. The van der Waals surface area contributed by atoms with Crippen molar-refractivity contribution in [3.63, 3.8) is 0 Å². The lowest BCUT2D eigenvalue weighted by molar-refractivity contribution is 0.00578. The fourth-order valence-corrected chi connectivity index (χ4v) is 2.54. The lowest BCUT2D eigenvalue weighted by Crippen LogP contribution is -2.41. The van der Waals surface area contributed by atoms with Gasteiger partial charge in [0, 0.05) is 5.56 Å². The van der Waals surface area contributed by atoms with Gasteiger partial charge in [0.05, 0.1) is 17.8 Å². The molecular formula is C15H19BO4. The van der Waals surface area contributed by atoms with Crippen LogP contribution in [0.25, 0.3) is 0 Å². The van der Waals surface area contributed by atoms with Crippen molar-refractivity contribution in [2.45, 2.75) is 45.5 Å². The van der Waals surface area contributed by atoms with Gasteiger partial charge in [-0.1, -0.05) is 18.2 Å². The summed E-state index contributed by atoms with van der Waals surface area (Å²) in [6.07, 6.45) is 0. The Morgan fingerprint density at radius 3 is 2.35 bits per heavy atom. The summed E-state index contributed by atoms with van der Waals surface area (Å²) in [5.41, 5.74) is 1.74. The van der Waals surface area contributed by atoms with E-state index in [1.54, 1.807) is 0 Å². The van der Waals surface area contributed by atoms with Gasteiger partial charge in [0.15, 0.2) is 5.78 Å². The minimum absolute atomic E-state index is 0.0182. The standard InChI is InChI=1S/C15H19BO4/c1-14(2)15(3,4)20-16(19-14)12-7-5-6-10-11(12)8-18-9-13(10)17/h5-7H,8-9H2,1-4H3. The number of ether oxygens (including phenoxy) is 1. The highest BCUT2D eigenvalue weighted by Gasteiger charge is 2.52. The van der Waals surface area contributed by atoms with Crippen molar-refractivity contribution in [3.05, 3.63) is 29.3 Å². The maximum Gasteiger partial charge on any atom is 0.495 e. The molecule has 1 fully saturated rings. The molecule has 1 aromatic rings. The molecular weight excluding hydrogens is 255 g/mol. The normalized spacial score (nSPS) is 23.8. The van der Waals surface area contributed by atoms with Crippen molar-refractivity contribution in [1.82, 2.24) is 0 Å². The van der Waals surface area contributed by atoms with E-state index in [9.17, 15) is 4.79 Å². The quantitative estimate of drug-likeness (QED) is 0.731. The number of hydrogen-bond donors (Lipinski definition) is 0. The smallest absolute Gasteiger partial charge is 0.399 e. The van der Waals surface area contributed by atoms with Gasteiger partial charge in [-0.2, -0.15) is 0 Å². The highest BCUT2D eigenvalue weighted by molar-refractivity contribution is 6.62. The summed E-state index contributed by atoms with van der Waals surface area (Å²) in [6, 6.07) is 5.67. The van der Waals surface area contributed by atoms with Gasteiger partial charge in [-0.05, 0) is 38.7 Å². The van der Waals surface area contributed by atoms with E-state index in [1.165, 1.54) is 0 Å². The molecule has 20 heavy (non-hydrogen) atoms. The van der Waals surface area contributed by atoms with Crippen LogP contribution in [0.5, 0.6) is 0 Å². The third-order valence-corrected chi connectivity index (χ3v) is 4.50. The van der Waals surface area contributed by atoms with Gasteiger partial charge in [0.1, 0.15) is 6.61 Å². The summed E-state index contributed by atoms with van der Waals surface area (Å²) >= 11 is 0. The van der Waals surface area contributed by atoms with Gasteiger partial charge < -0.3 is 14.0 Å². The average Bonchev–Trinajstić information content (AvgIpc) is 2.58. The van der Waals surface area contributed by atoms with Crippen LogP contribution in [-0.4, -0.2) is 30.7 Å². The van der Waals surface area contributed by atoms with Crippen LogP contribution in [0.15, 0.2) is 18.2 Å². The molecule has 2 heterocycles. The minimum Gasteiger partial charge on any atom is -0.399 e. The molecule has 2 aliphatic rings. The van der Waals surface area contributed by atoms with E-state index >= 15 is 0 Å². The first-order valence-corrected chi connectivity index (χ1v) is 6.90. The van der Waals surface area contributed by atoms with Crippen LogP contribution in [0.3, 0.4) is 0 Å². The Labute approximate surface area is 119 Å². The molecule has 3 rings (SSSR count). The SMILES string of the molecule is CC1(C)OB(c2cccc3c2COCC3=O)OC1(C)C. The monoisotopic (exact) mass is 274 g/mol. The number of hydrogen-bond acceptors (Lipinski definition) is 4. The van der Waals surface area contributed by atoms with Crippen LogP contribution >= 0.6 is 0 Å². The van der Waals surface area contributed by atoms with E-state index in [1.807, 2.05) is 45.9 Å². The number of rotatable bonds is 1. The summed E-state index contributed by atoms with van der Waals surface area (Å²) in [6.45, 7) is 8.66. The molecule has 2 aliphatic heterocycles. The average molecular weight is 274 g/mol. The van der Waals surface area contributed by atoms with E-state index < -0.39 is 7.12 Å². The van der Waals surface area contributed by atoms with E-state index in [0.717, 1.165) is 16.6 Å². The van der Waals surface area contributed by atoms with Gasteiger partial charge in [-0.25, -0.2) is 0 Å². The van der Waals surface area contributed by atoms with Gasteiger partial charge in [0.2, 0.25) is 0 Å². The summed E-state index contributed by atoms with van der Waals surface area (Å²) in [7, 11) is -0.454. The summed E-state index contributed by atoms with van der Waals surface area (Å²) in [4.78, 5) is 11.9. The van der Waals surface area contributed by atoms with E-state index in [0.29, 0.717) is 6.61 Å². The van der Waals surface area contributed by atoms with Crippen molar-refractivity contribution >= 4 is 18.4 Å². The summed E-state index contributed by atoms with van der Waals surface area (Å²) in [5.74, 6) is 0.0182. The fourth-order valence-electron chi connectivity index (χ4n) is 2.54. The fraction of sp³-hybridized carbons (Fsp3) is 0.533. The Balaban J connectivity index is 2.01. The van der Waals surface area contributed by atoms with Crippen LogP contribution in [-0.2, 0) is 20.7 Å². The lowest BCUT2D eigenvalue weighted by atomic mass is 9.74. The summed E-state index contributed by atoms with van der Waals surface area (Å²) < 4.78 is 17.5. The molecule has 1 saturated heterocycles.